The summed E-state index contributed by atoms with van der Waals surface area (Å²) in [7, 11) is 1.83. The predicted molar refractivity (Wildman–Crippen MR) is 98.8 cm³/mol. The van der Waals surface area contributed by atoms with E-state index >= 15 is 0 Å². The Balaban J connectivity index is 1.59. The second-order valence-corrected chi connectivity index (χ2v) is 7.34. The van der Waals surface area contributed by atoms with Crippen LogP contribution in [0.1, 0.15) is 30.0 Å². The summed E-state index contributed by atoms with van der Waals surface area (Å²) in [4.78, 5) is 31.3. The van der Waals surface area contributed by atoms with Crippen molar-refractivity contribution in [1.82, 2.24) is 14.5 Å². The van der Waals surface area contributed by atoms with E-state index in [1.54, 1.807) is 4.90 Å². The molecule has 0 N–H and O–H groups in total. The van der Waals surface area contributed by atoms with Gasteiger partial charge in [-0.25, -0.2) is 4.98 Å². The molecule has 1 aliphatic carbocycles. The van der Waals surface area contributed by atoms with Gasteiger partial charge in [0.25, 0.3) is 5.56 Å². The number of amides is 1. The van der Waals surface area contributed by atoms with Gasteiger partial charge in [-0.3, -0.25) is 14.2 Å². The summed E-state index contributed by atoms with van der Waals surface area (Å²) >= 11 is 1.36. The Morgan fingerprint density at radius 1 is 1.36 bits per heavy atom. The number of benzene rings is 1. The highest BCUT2D eigenvalue weighted by Crippen LogP contribution is 2.33. The first-order valence-corrected chi connectivity index (χ1v) is 9.29. The lowest BCUT2D eigenvalue weighted by atomic mass is 9.87. The molecule has 5 nitrogen and oxygen atoms in total. The van der Waals surface area contributed by atoms with Crippen molar-refractivity contribution in [2.24, 2.45) is 0 Å². The molecule has 1 atom stereocenters. The summed E-state index contributed by atoms with van der Waals surface area (Å²) in [6, 6.07) is 10.2. The molecule has 0 unspecified atom stereocenters. The topological polar surface area (TPSA) is 55.2 Å². The van der Waals surface area contributed by atoms with Crippen LogP contribution in [-0.4, -0.2) is 27.4 Å². The molecule has 1 aliphatic rings. The summed E-state index contributed by atoms with van der Waals surface area (Å²) in [5.41, 5.74) is 3.08. The number of hydrogen-bond donors (Lipinski definition) is 0. The molecule has 0 fully saturated rings. The molecule has 1 aromatic carbocycles. The van der Waals surface area contributed by atoms with Crippen molar-refractivity contribution in [1.29, 1.82) is 0 Å². The molecule has 0 saturated carbocycles. The van der Waals surface area contributed by atoms with Gasteiger partial charge in [-0.15, -0.1) is 11.3 Å². The highest BCUT2D eigenvalue weighted by atomic mass is 32.1. The van der Waals surface area contributed by atoms with Crippen LogP contribution in [0.2, 0.25) is 0 Å². The lowest BCUT2D eigenvalue weighted by Crippen LogP contribution is -2.37. The van der Waals surface area contributed by atoms with Crippen molar-refractivity contribution in [2.45, 2.75) is 31.8 Å². The standard InChI is InChI=1S/C19H19N3O2S/c1-21(16-8-4-6-13-5-2-3-7-14(13)16)17(23)11-22-12-20-15-9-10-25-18(15)19(22)24/h2-3,5,7,9-10,12,16H,4,6,8,11H2,1H3/t16-/m1/s1. The molecular formula is C19H19N3O2S. The molecule has 2 heterocycles. The summed E-state index contributed by atoms with van der Waals surface area (Å²) in [5, 5.41) is 1.84. The number of hydrogen-bond acceptors (Lipinski definition) is 4. The Bertz CT molecular complexity index is 991. The van der Waals surface area contributed by atoms with Crippen LogP contribution < -0.4 is 5.56 Å². The highest BCUT2D eigenvalue weighted by molar-refractivity contribution is 7.17. The second kappa shape index (κ2) is 6.44. The van der Waals surface area contributed by atoms with Crippen LogP contribution in [0.3, 0.4) is 0 Å². The summed E-state index contributed by atoms with van der Waals surface area (Å²) in [5.74, 6) is -0.0680. The zero-order chi connectivity index (χ0) is 17.4. The van der Waals surface area contributed by atoms with Gasteiger partial charge >= 0.3 is 0 Å². The molecule has 1 amide bonds. The first-order chi connectivity index (χ1) is 12.1. The number of thiophene rings is 1. The van der Waals surface area contributed by atoms with E-state index in [0.717, 1.165) is 19.3 Å². The van der Waals surface area contributed by atoms with E-state index in [0.29, 0.717) is 10.2 Å². The monoisotopic (exact) mass is 353 g/mol. The summed E-state index contributed by atoms with van der Waals surface area (Å²) < 4.78 is 2.01. The summed E-state index contributed by atoms with van der Waals surface area (Å²) in [6.45, 7) is 0.0227. The maximum Gasteiger partial charge on any atom is 0.271 e. The quantitative estimate of drug-likeness (QED) is 0.727. The minimum Gasteiger partial charge on any atom is -0.337 e. The van der Waals surface area contributed by atoms with E-state index in [2.05, 4.69) is 17.1 Å². The molecule has 128 valence electrons. The summed E-state index contributed by atoms with van der Waals surface area (Å²) in [6.07, 6.45) is 4.56. The van der Waals surface area contributed by atoms with E-state index in [1.165, 1.54) is 33.4 Å². The number of aromatic nitrogens is 2. The number of carbonyl (C=O) groups is 1. The van der Waals surface area contributed by atoms with Crippen LogP contribution in [0.5, 0.6) is 0 Å². The minimum atomic E-state index is -0.147. The molecule has 0 saturated heterocycles. The molecule has 0 spiro atoms. The molecule has 6 heteroatoms. The van der Waals surface area contributed by atoms with E-state index in [-0.39, 0.29) is 24.1 Å². The van der Waals surface area contributed by atoms with Crippen molar-refractivity contribution in [2.75, 3.05) is 7.05 Å². The first kappa shape index (κ1) is 16.0. The van der Waals surface area contributed by atoms with E-state index < -0.39 is 0 Å². The lowest BCUT2D eigenvalue weighted by molar-refractivity contribution is -0.133. The van der Waals surface area contributed by atoms with Crippen LogP contribution in [0.4, 0.5) is 0 Å². The van der Waals surface area contributed by atoms with Crippen molar-refractivity contribution in [3.63, 3.8) is 0 Å². The zero-order valence-corrected chi connectivity index (χ0v) is 14.8. The van der Waals surface area contributed by atoms with Gasteiger partial charge in [0.05, 0.1) is 17.9 Å². The Morgan fingerprint density at radius 2 is 2.20 bits per heavy atom. The van der Waals surface area contributed by atoms with Crippen LogP contribution >= 0.6 is 11.3 Å². The van der Waals surface area contributed by atoms with E-state index in [1.807, 2.05) is 30.6 Å². The Morgan fingerprint density at radius 3 is 3.08 bits per heavy atom. The fourth-order valence-electron chi connectivity index (χ4n) is 3.55. The van der Waals surface area contributed by atoms with Crippen molar-refractivity contribution >= 4 is 27.5 Å². The Kier molecular flexibility index (Phi) is 4.13. The highest BCUT2D eigenvalue weighted by Gasteiger charge is 2.26. The third-order valence-electron chi connectivity index (χ3n) is 4.94. The molecule has 2 aromatic heterocycles. The van der Waals surface area contributed by atoms with Gasteiger partial charge in [0.1, 0.15) is 11.2 Å². The first-order valence-electron chi connectivity index (χ1n) is 8.41. The van der Waals surface area contributed by atoms with Gasteiger partial charge < -0.3 is 4.90 Å². The molecular weight excluding hydrogens is 334 g/mol. The predicted octanol–water partition coefficient (Wildman–Crippen LogP) is 2.99. The smallest absolute Gasteiger partial charge is 0.271 e. The number of aryl methyl sites for hydroxylation is 1. The molecule has 25 heavy (non-hydrogen) atoms. The largest absolute Gasteiger partial charge is 0.337 e. The van der Waals surface area contributed by atoms with Crippen molar-refractivity contribution < 1.29 is 4.79 Å². The maximum absolute atomic E-state index is 12.8. The maximum atomic E-state index is 12.8. The third kappa shape index (κ3) is 2.87. The van der Waals surface area contributed by atoms with Crippen molar-refractivity contribution in [3.8, 4) is 0 Å². The number of carbonyl (C=O) groups excluding carboxylic acids is 1. The average Bonchev–Trinajstić information content (AvgIpc) is 3.12. The molecule has 0 bridgehead atoms. The van der Waals surface area contributed by atoms with Crippen LogP contribution in [0, 0.1) is 0 Å². The van der Waals surface area contributed by atoms with Gasteiger partial charge in [-0.1, -0.05) is 24.3 Å². The fourth-order valence-corrected chi connectivity index (χ4v) is 4.35. The minimum absolute atomic E-state index is 0.0227. The number of rotatable bonds is 3. The molecule has 4 rings (SSSR count). The SMILES string of the molecule is CN(C(=O)Cn1cnc2ccsc2c1=O)[C@@H]1CCCc2ccccc21. The van der Waals surface area contributed by atoms with Gasteiger partial charge in [0, 0.05) is 7.05 Å². The second-order valence-electron chi connectivity index (χ2n) is 6.42. The van der Waals surface area contributed by atoms with Crippen LogP contribution in [-0.2, 0) is 17.8 Å². The molecule has 0 radical (unpaired) electrons. The lowest BCUT2D eigenvalue weighted by Gasteiger charge is -2.33. The number of likely N-dealkylation sites (N-methyl/N-ethyl adjacent to an activating group) is 1. The van der Waals surface area contributed by atoms with Crippen molar-refractivity contribution in [3.05, 3.63) is 63.5 Å². The van der Waals surface area contributed by atoms with E-state index in [4.69, 9.17) is 0 Å². The normalized spacial score (nSPS) is 16.6. The number of fused-ring (bicyclic) bond motifs is 2. The zero-order valence-electron chi connectivity index (χ0n) is 14.0. The van der Waals surface area contributed by atoms with Gasteiger partial charge in [-0.2, -0.15) is 0 Å². The molecule has 0 aliphatic heterocycles. The Hall–Kier alpha value is -2.47. The Labute approximate surface area is 149 Å². The van der Waals surface area contributed by atoms with Crippen LogP contribution in [0.25, 0.3) is 10.2 Å². The van der Waals surface area contributed by atoms with Gasteiger partial charge in [0.2, 0.25) is 5.91 Å². The van der Waals surface area contributed by atoms with E-state index in [9.17, 15) is 9.59 Å². The third-order valence-corrected chi connectivity index (χ3v) is 5.83. The number of nitrogens with zero attached hydrogens (tertiary/aromatic N) is 3. The fraction of sp³-hybridized carbons (Fsp3) is 0.316. The molecule has 3 aromatic rings. The van der Waals surface area contributed by atoms with Gasteiger partial charge in [-0.05, 0) is 41.8 Å². The average molecular weight is 353 g/mol. The van der Waals surface area contributed by atoms with Crippen LogP contribution in [0.15, 0.2) is 46.8 Å². The van der Waals surface area contributed by atoms with Gasteiger partial charge in [0.15, 0.2) is 0 Å².